The monoisotopic (exact) mass is 257 g/mol. The van der Waals surface area contributed by atoms with E-state index in [1.807, 2.05) is 6.92 Å². The van der Waals surface area contributed by atoms with Gasteiger partial charge in [-0.1, -0.05) is 0 Å². The van der Waals surface area contributed by atoms with E-state index in [-0.39, 0.29) is 6.09 Å². The van der Waals surface area contributed by atoms with E-state index in [1.165, 1.54) is 12.8 Å². The number of piperazine rings is 1. The first-order valence-corrected chi connectivity index (χ1v) is 6.58. The highest BCUT2D eigenvalue weighted by Crippen LogP contribution is 2.19. The second-order valence-electron chi connectivity index (χ2n) is 4.40. The smallest absolute Gasteiger partial charge is 0.409 e. The van der Waals surface area contributed by atoms with Gasteiger partial charge in [0.2, 0.25) is 0 Å². The van der Waals surface area contributed by atoms with Crippen LogP contribution in [0, 0.1) is 0 Å². The fraction of sp³-hybridized carbons (Fsp3) is 0.818. The lowest BCUT2D eigenvalue weighted by Gasteiger charge is -2.35. The standard InChI is InChI=1S/C11H19N3O2S/c1-2-16-11(15)14-7-5-13(6-8-14)10(17)12-9-3-4-9/h9H,2-8H2,1H3,(H,12,17). The molecule has 96 valence electrons. The number of ether oxygens (including phenoxy) is 1. The first kappa shape index (κ1) is 12.4. The molecule has 2 aliphatic rings. The minimum absolute atomic E-state index is 0.215. The van der Waals surface area contributed by atoms with Gasteiger partial charge in [0.15, 0.2) is 5.11 Å². The Bertz CT molecular complexity index is 299. The van der Waals surface area contributed by atoms with E-state index in [0.717, 1.165) is 18.2 Å². The summed E-state index contributed by atoms with van der Waals surface area (Å²) < 4.78 is 4.97. The van der Waals surface area contributed by atoms with E-state index >= 15 is 0 Å². The number of thiocarbonyl (C=S) groups is 1. The van der Waals surface area contributed by atoms with E-state index in [9.17, 15) is 4.79 Å². The molecule has 1 amide bonds. The predicted octanol–water partition coefficient (Wildman–Crippen LogP) is 0.797. The topological polar surface area (TPSA) is 44.8 Å². The van der Waals surface area contributed by atoms with E-state index in [0.29, 0.717) is 25.7 Å². The molecule has 0 aromatic rings. The Morgan fingerprint density at radius 3 is 2.41 bits per heavy atom. The van der Waals surface area contributed by atoms with Crippen molar-refractivity contribution in [3.63, 3.8) is 0 Å². The molecule has 1 N–H and O–H groups in total. The highest BCUT2D eigenvalue weighted by molar-refractivity contribution is 7.80. The van der Waals surface area contributed by atoms with Gasteiger partial charge in [-0.3, -0.25) is 0 Å². The summed E-state index contributed by atoms with van der Waals surface area (Å²) >= 11 is 5.33. The Kier molecular flexibility index (Phi) is 4.04. The summed E-state index contributed by atoms with van der Waals surface area (Å²) in [6.07, 6.45) is 2.24. The molecule has 2 fully saturated rings. The van der Waals surface area contributed by atoms with Gasteiger partial charge in [-0.05, 0) is 32.0 Å². The summed E-state index contributed by atoms with van der Waals surface area (Å²) in [6.45, 7) is 5.20. The number of nitrogens with one attached hydrogen (secondary N) is 1. The molecule has 0 atom stereocenters. The number of rotatable bonds is 2. The van der Waals surface area contributed by atoms with Crippen LogP contribution in [-0.2, 0) is 4.74 Å². The van der Waals surface area contributed by atoms with Crippen LogP contribution in [0.25, 0.3) is 0 Å². The Hall–Kier alpha value is -1.04. The van der Waals surface area contributed by atoms with Crippen LogP contribution in [-0.4, -0.2) is 59.8 Å². The number of carbonyl (C=O) groups excluding carboxylic acids is 1. The van der Waals surface area contributed by atoms with Gasteiger partial charge in [0.05, 0.1) is 6.61 Å². The van der Waals surface area contributed by atoms with Crippen LogP contribution in [0.5, 0.6) is 0 Å². The lowest BCUT2D eigenvalue weighted by Crippen LogP contribution is -2.53. The first-order valence-electron chi connectivity index (χ1n) is 6.18. The van der Waals surface area contributed by atoms with Gasteiger partial charge in [0.1, 0.15) is 0 Å². The molecule has 17 heavy (non-hydrogen) atoms. The molecule has 5 nitrogen and oxygen atoms in total. The lowest BCUT2D eigenvalue weighted by molar-refractivity contribution is 0.0918. The van der Waals surface area contributed by atoms with Crippen molar-refractivity contribution in [2.75, 3.05) is 32.8 Å². The minimum atomic E-state index is -0.215. The van der Waals surface area contributed by atoms with Crippen molar-refractivity contribution >= 4 is 23.4 Å². The van der Waals surface area contributed by atoms with Crippen LogP contribution in [0.3, 0.4) is 0 Å². The molecule has 6 heteroatoms. The maximum atomic E-state index is 11.5. The third-order valence-corrected chi connectivity index (χ3v) is 3.37. The normalized spacial score (nSPS) is 20.1. The molecule has 2 rings (SSSR count). The molecule has 0 aromatic heterocycles. The van der Waals surface area contributed by atoms with Crippen LogP contribution in [0.15, 0.2) is 0 Å². The fourth-order valence-electron chi connectivity index (χ4n) is 1.80. The average Bonchev–Trinajstić information content (AvgIpc) is 3.13. The predicted molar refractivity (Wildman–Crippen MR) is 68.9 cm³/mol. The van der Waals surface area contributed by atoms with Gasteiger partial charge in [-0.25, -0.2) is 4.79 Å². The fourth-order valence-corrected chi connectivity index (χ4v) is 2.15. The Morgan fingerprint density at radius 2 is 1.88 bits per heavy atom. The minimum Gasteiger partial charge on any atom is -0.450 e. The second-order valence-corrected chi connectivity index (χ2v) is 4.78. The van der Waals surface area contributed by atoms with Crippen LogP contribution >= 0.6 is 12.2 Å². The number of nitrogens with zero attached hydrogens (tertiary/aromatic N) is 2. The second kappa shape index (κ2) is 5.53. The highest BCUT2D eigenvalue weighted by atomic mass is 32.1. The molecule has 0 unspecified atom stereocenters. The first-order chi connectivity index (χ1) is 8.20. The van der Waals surface area contributed by atoms with Crippen molar-refractivity contribution in [1.82, 2.24) is 15.1 Å². The molecular weight excluding hydrogens is 238 g/mol. The van der Waals surface area contributed by atoms with Crippen molar-refractivity contribution in [2.24, 2.45) is 0 Å². The zero-order chi connectivity index (χ0) is 12.3. The van der Waals surface area contributed by atoms with Gasteiger partial charge >= 0.3 is 6.09 Å². The van der Waals surface area contributed by atoms with Gasteiger partial charge < -0.3 is 19.9 Å². The molecule has 0 radical (unpaired) electrons. The van der Waals surface area contributed by atoms with E-state index in [1.54, 1.807) is 4.90 Å². The largest absolute Gasteiger partial charge is 0.450 e. The van der Waals surface area contributed by atoms with Gasteiger partial charge in [0.25, 0.3) is 0 Å². The maximum absolute atomic E-state index is 11.5. The molecular formula is C11H19N3O2S. The number of hydrogen-bond donors (Lipinski definition) is 1. The van der Waals surface area contributed by atoms with Gasteiger partial charge in [-0.2, -0.15) is 0 Å². The summed E-state index contributed by atoms with van der Waals surface area (Å²) in [5, 5.41) is 4.15. The summed E-state index contributed by atoms with van der Waals surface area (Å²) in [7, 11) is 0. The quantitative estimate of drug-likeness (QED) is 0.741. The van der Waals surface area contributed by atoms with Crippen LogP contribution in [0.2, 0.25) is 0 Å². The summed E-state index contributed by atoms with van der Waals surface area (Å²) in [5.41, 5.74) is 0. The summed E-state index contributed by atoms with van der Waals surface area (Å²) in [5.74, 6) is 0. The molecule has 1 aliphatic heterocycles. The molecule has 0 bridgehead atoms. The molecule has 1 aliphatic carbocycles. The molecule has 1 heterocycles. The summed E-state index contributed by atoms with van der Waals surface area (Å²) in [6, 6.07) is 0.589. The van der Waals surface area contributed by atoms with Crippen LogP contribution in [0.4, 0.5) is 4.79 Å². The third-order valence-electron chi connectivity index (χ3n) is 3.00. The maximum Gasteiger partial charge on any atom is 0.409 e. The molecule has 0 spiro atoms. The van der Waals surface area contributed by atoms with Crippen LogP contribution in [0.1, 0.15) is 19.8 Å². The van der Waals surface area contributed by atoms with Crippen molar-refractivity contribution in [1.29, 1.82) is 0 Å². The van der Waals surface area contributed by atoms with Crippen molar-refractivity contribution in [3.05, 3.63) is 0 Å². The molecule has 0 aromatic carbocycles. The van der Waals surface area contributed by atoms with Crippen molar-refractivity contribution < 1.29 is 9.53 Å². The Morgan fingerprint density at radius 1 is 1.29 bits per heavy atom. The van der Waals surface area contributed by atoms with Gasteiger partial charge in [-0.15, -0.1) is 0 Å². The highest BCUT2D eigenvalue weighted by Gasteiger charge is 2.27. The average molecular weight is 257 g/mol. The Balaban J connectivity index is 1.73. The molecule has 1 saturated heterocycles. The van der Waals surface area contributed by atoms with Crippen molar-refractivity contribution in [3.8, 4) is 0 Å². The number of amides is 1. The van der Waals surface area contributed by atoms with Crippen LogP contribution < -0.4 is 5.32 Å². The lowest BCUT2D eigenvalue weighted by atomic mass is 10.3. The Labute approximate surface area is 107 Å². The van der Waals surface area contributed by atoms with E-state index in [4.69, 9.17) is 17.0 Å². The zero-order valence-corrected chi connectivity index (χ0v) is 11.0. The zero-order valence-electron chi connectivity index (χ0n) is 10.1. The van der Waals surface area contributed by atoms with Crippen molar-refractivity contribution in [2.45, 2.75) is 25.8 Å². The number of hydrogen-bond acceptors (Lipinski definition) is 3. The van der Waals surface area contributed by atoms with E-state index in [2.05, 4.69) is 10.2 Å². The van der Waals surface area contributed by atoms with Gasteiger partial charge in [0, 0.05) is 32.2 Å². The SMILES string of the molecule is CCOC(=O)N1CCN(C(=S)NC2CC2)CC1. The third kappa shape index (κ3) is 3.46. The van der Waals surface area contributed by atoms with E-state index < -0.39 is 0 Å². The summed E-state index contributed by atoms with van der Waals surface area (Å²) in [4.78, 5) is 15.4. The molecule has 1 saturated carbocycles. The number of carbonyl (C=O) groups is 1.